The summed E-state index contributed by atoms with van der Waals surface area (Å²) in [6.45, 7) is 2.38. The van der Waals surface area contributed by atoms with Crippen LogP contribution in [0.1, 0.15) is 23.7 Å². The summed E-state index contributed by atoms with van der Waals surface area (Å²) in [6.07, 6.45) is 0.701. The smallest absolute Gasteiger partial charge is 0.252 e. The Kier molecular flexibility index (Phi) is 5.73. The number of hydrogen-bond donors (Lipinski definition) is 3. The predicted molar refractivity (Wildman–Crippen MR) is 82.4 cm³/mol. The van der Waals surface area contributed by atoms with E-state index in [2.05, 4.69) is 10.3 Å². The SMILES string of the molecule is CC(N)CCNC(=O)c1cc(=O)[nH]c2ccccc12.Cl. The number of carbonyl (C=O) groups is 1. The molecule has 0 radical (unpaired) electrons. The van der Waals surface area contributed by atoms with Crippen LogP contribution in [0, 0.1) is 0 Å². The Labute approximate surface area is 123 Å². The van der Waals surface area contributed by atoms with Gasteiger partial charge in [-0.05, 0) is 19.4 Å². The molecule has 0 spiro atoms. The Morgan fingerprint density at radius 1 is 1.40 bits per heavy atom. The van der Waals surface area contributed by atoms with E-state index >= 15 is 0 Å². The highest BCUT2D eigenvalue weighted by molar-refractivity contribution is 6.05. The van der Waals surface area contributed by atoms with Crippen molar-refractivity contribution in [3.63, 3.8) is 0 Å². The van der Waals surface area contributed by atoms with Crippen LogP contribution in [0.4, 0.5) is 0 Å². The van der Waals surface area contributed by atoms with Crippen molar-refractivity contribution < 1.29 is 4.79 Å². The molecule has 1 aromatic carbocycles. The number of aromatic amines is 1. The van der Waals surface area contributed by atoms with E-state index < -0.39 is 0 Å². The molecule has 2 rings (SSSR count). The van der Waals surface area contributed by atoms with Gasteiger partial charge in [0.2, 0.25) is 5.56 Å². The number of benzene rings is 1. The summed E-state index contributed by atoms with van der Waals surface area (Å²) in [7, 11) is 0. The number of pyridine rings is 1. The molecule has 0 aliphatic heterocycles. The molecule has 1 atom stereocenters. The number of H-pyrrole nitrogens is 1. The molecule has 4 N–H and O–H groups in total. The second-order valence-electron chi connectivity index (χ2n) is 4.61. The number of nitrogens with one attached hydrogen (secondary N) is 2. The lowest BCUT2D eigenvalue weighted by molar-refractivity contribution is 0.0954. The molecule has 0 aliphatic rings. The Hall–Kier alpha value is -1.85. The molecule has 6 heteroatoms. The normalized spacial score (nSPS) is 11.7. The minimum Gasteiger partial charge on any atom is -0.352 e. The third kappa shape index (κ3) is 3.82. The first-order chi connectivity index (χ1) is 9.08. The van der Waals surface area contributed by atoms with Crippen LogP contribution in [0.5, 0.6) is 0 Å². The molecule has 0 aliphatic carbocycles. The number of rotatable bonds is 4. The second-order valence-corrected chi connectivity index (χ2v) is 4.61. The fourth-order valence-electron chi connectivity index (χ4n) is 1.90. The number of fused-ring (bicyclic) bond motifs is 1. The van der Waals surface area contributed by atoms with E-state index in [-0.39, 0.29) is 29.9 Å². The van der Waals surface area contributed by atoms with Gasteiger partial charge in [-0.2, -0.15) is 0 Å². The zero-order chi connectivity index (χ0) is 13.8. The Balaban J connectivity index is 0.00000200. The average molecular weight is 296 g/mol. The summed E-state index contributed by atoms with van der Waals surface area (Å²) in [6, 6.07) is 8.59. The van der Waals surface area contributed by atoms with Crippen molar-refractivity contribution in [2.45, 2.75) is 19.4 Å². The van der Waals surface area contributed by atoms with Gasteiger partial charge in [0.15, 0.2) is 0 Å². The van der Waals surface area contributed by atoms with Gasteiger partial charge >= 0.3 is 0 Å². The molecule has 20 heavy (non-hydrogen) atoms. The van der Waals surface area contributed by atoms with Crippen LogP contribution in [-0.4, -0.2) is 23.5 Å². The summed E-state index contributed by atoms with van der Waals surface area (Å²) in [4.78, 5) is 26.3. The van der Waals surface area contributed by atoms with Gasteiger partial charge in [0.1, 0.15) is 0 Å². The van der Waals surface area contributed by atoms with E-state index in [4.69, 9.17) is 5.73 Å². The minimum absolute atomic E-state index is 0. The van der Waals surface area contributed by atoms with Crippen molar-refractivity contribution in [2.24, 2.45) is 5.73 Å². The van der Waals surface area contributed by atoms with Crippen molar-refractivity contribution in [1.29, 1.82) is 0 Å². The fourth-order valence-corrected chi connectivity index (χ4v) is 1.90. The van der Waals surface area contributed by atoms with Crippen molar-refractivity contribution in [3.8, 4) is 0 Å². The maximum absolute atomic E-state index is 12.1. The maximum Gasteiger partial charge on any atom is 0.252 e. The van der Waals surface area contributed by atoms with Gasteiger partial charge in [-0.25, -0.2) is 0 Å². The molecule has 2 aromatic rings. The monoisotopic (exact) mass is 295 g/mol. The lowest BCUT2D eigenvalue weighted by Crippen LogP contribution is -2.29. The summed E-state index contributed by atoms with van der Waals surface area (Å²) >= 11 is 0. The number of amides is 1. The van der Waals surface area contributed by atoms with Crippen molar-refractivity contribution in [2.75, 3.05) is 6.54 Å². The largest absolute Gasteiger partial charge is 0.352 e. The highest BCUT2D eigenvalue weighted by Crippen LogP contribution is 2.14. The van der Waals surface area contributed by atoms with Crippen LogP contribution in [0.25, 0.3) is 10.9 Å². The summed E-state index contributed by atoms with van der Waals surface area (Å²) in [5, 5.41) is 3.51. The van der Waals surface area contributed by atoms with Gasteiger partial charge in [0.25, 0.3) is 5.91 Å². The van der Waals surface area contributed by atoms with Gasteiger partial charge in [0.05, 0.1) is 5.56 Å². The van der Waals surface area contributed by atoms with Crippen LogP contribution < -0.4 is 16.6 Å². The summed E-state index contributed by atoms with van der Waals surface area (Å²) in [5.74, 6) is -0.247. The molecule has 0 bridgehead atoms. The predicted octanol–water partition coefficient (Wildman–Crippen LogP) is 1.42. The first-order valence-electron chi connectivity index (χ1n) is 6.24. The Morgan fingerprint density at radius 2 is 2.10 bits per heavy atom. The summed E-state index contributed by atoms with van der Waals surface area (Å²) < 4.78 is 0. The van der Waals surface area contributed by atoms with Crippen molar-refractivity contribution in [3.05, 3.63) is 46.2 Å². The minimum atomic E-state index is -0.281. The first kappa shape index (κ1) is 16.2. The van der Waals surface area contributed by atoms with E-state index in [1.54, 1.807) is 6.07 Å². The van der Waals surface area contributed by atoms with Gasteiger partial charge in [-0.1, -0.05) is 18.2 Å². The average Bonchev–Trinajstić information content (AvgIpc) is 2.37. The van der Waals surface area contributed by atoms with E-state index in [9.17, 15) is 9.59 Å². The molecular weight excluding hydrogens is 278 g/mol. The molecular formula is C14H18ClN3O2. The summed E-state index contributed by atoms with van der Waals surface area (Å²) in [5.41, 5.74) is 6.40. The van der Waals surface area contributed by atoms with Gasteiger partial charge in [-0.15, -0.1) is 12.4 Å². The van der Waals surface area contributed by atoms with Gasteiger partial charge < -0.3 is 16.0 Å². The zero-order valence-electron chi connectivity index (χ0n) is 11.2. The Morgan fingerprint density at radius 3 is 2.80 bits per heavy atom. The number of carbonyl (C=O) groups excluding carboxylic acids is 1. The number of hydrogen-bond acceptors (Lipinski definition) is 3. The van der Waals surface area contributed by atoms with Crippen LogP contribution in [0.3, 0.4) is 0 Å². The Bertz CT molecular complexity index is 652. The van der Waals surface area contributed by atoms with Gasteiger partial charge in [-0.3, -0.25) is 9.59 Å². The van der Waals surface area contributed by atoms with Crippen molar-refractivity contribution >= 4 is 29.2 Å². The third-order valence-electron chi connectivity index (χ3n) is 2.88. The lowest BCUT2D eigenvalue weighted by atomic mass is 10.1. The first-order valence-corrected chi connectivity index (χ1v) is 6.24. The highest BCUT2D eigenvalue weighted by atomic mass is 35.5. The maximum atomic E-state index is 12.1. The number of halogens is 1. The van der Waals surface area contributed by atoms with E-state index in [0.717, 1.165) is 5.39 Å². The number of nitrogens with two attached hydrogens (primary N) is 1. The molecule has 1 unspecified atom stereocenters. The topological polar surface area (TPSA) is 88.0 Å². The zero-order valence-corrected chi connectivity index (χ0v) is 12.0. The fraction of sp³-hybridized carbons (Fsp3) is 0.286. The van der Waals surface area contributed by atoms with E-state index in [1.807, 2.05) is 25.1 Å². The second kappa shape index (κ2) is 7.07. The molecule has 108 valence electrons. The van der Waals surface area contributed by atoms with Gasteiger partial charge in [0, 0.05) is 29.6 Å². The standard InChI is InChI=1S/C14H17N3O2.ClH/c1-9(15)6-7-16-14(19)11-8-13(18)17-12-5-3-2-4-10(11)12;/h2-5,8-9H,6-7,15H2,1H3,(H,16,19)(H,17,18);1H. The molecule has 0 fully saturated rings. The number of para-hydroxylation sites is 1. The van der Waals surface area contributed by atoms with E-state index in [1.165, 1.54) is 6.07 Å². The van der Waals surface area contributed by atoms with E-state index in [0.29, 0.717) is 24.0 Å². The molecule has 0 saturated heterocycles. The van der Waals surface area contributed by atoms with Crippen LogP contribution >= 0.6 is 12.4 Å². The molecule has 1 heterocycles. The van der Waals surface area contributed by atoms with Crippen LogP contribution in [0.2, 0.25) is 0 Å². The lowest BCUT2D eigenvalue weighted by Gasteiger charge is -2.09. The van der Waals surface area contributed by atoms with Crippen molar-refractivity contribution in [1.82, 2.24) is 10.3 Å². The third-order valence-corrected chi connectivity index (χ3v) is 2.88. The van der Waals surface area contributed by atoms with Crippen LogP contribution in [0.15, 0.2) is 35.1 Å². The molecule has 0 saturated carbocycles. The molecule has 1 aromatic heterocycles. The molecule has 5 nitrogen and oxygen atoms in total. The quantitative estimate of drug-likeness (QED) is 0.797. The van der Waals surface area contributed by atoms with Crippen LogP contribution in [-0.2, 0) is 0 Å². The highest BCUT2D eigenvalue weighted by Gasteiger charge is 2.11. The molecule has 1 amide bonds. The number of aromatic nitrogens is 1.